The second-order valence-corrected chi connectivity index (χ2v) is 3.99. The zero-order chi connectivity index (χ0) is 10.1. The van der Waals surface area contributed by atoms with E-state index in [0.717, 1.165) is 12.5 Å². The van der Waals surface area contributed by atoms with E-state index in [4.69, 9.17) is 10.8 Å². The highest BCUT2D eigenvalue weighted by molar-refractivity contribution is 5.29. The average molecular weight is 195 g/mol. The quantitative estimate of drug-likeness (QED) is 0.777. The molecule has 14 heavy (non-hydrogen) atoms. The van der Waals surface area contributed by atoms with Crippen LogP contribution < -0.4 is 5.73 Å². The second kappa shape index (κ2) is 3.58. The van der Waals surface area contributed by atoms with E-state index in [-0.39, 0.29) is 11.8 Å². The third-order valence-corrected chi connectivity index (χ3v) is 2.67. The van der Waals surface area contributed by atoms with Gasteiger partial charge in [0.2, 0.25) is 0 Å². The van der Waals surface area contributed by atoms with Gasteiger partial charge < -0.3 is 10.8 Å². The second-order valence-electron chi connectivity index (χ2n) is 3.99. The molecule has 3 heteroatoms. The molecule has 0 aliphatic heterocycles. The van der Waals surface area contributed by atoms with Crippen LogP contribution in [0.15, 0.2) is 18.2 Å². The molecule has 0 amide bonds. The Hall–Kier alpha value is -1.09. The van der Waals surface area contributed by atoms with Crippen LogP contribution in [0.3, 0.4) is 0 Å². The number of halogens is 1. The van der Waals surface area contributed by atoms with Crippen LogP contribution in [0.5, 0.6) is 5.75 Å². The molecular weight excluding hydrogens is 181 g/mol. The van der Waals surface area contributed by atoms with Crippen molar-refractivity contribution in [3.8, 4) is 5.75 Å². The van der Waals surface area contributed by atoms with E-state index in [9.17, 15) is 4.39 Å². The van der Waals surface area contributed by atoms with Gasteiger partial charge in [-0.3, -0.25) is 0 Å². The summed E-state index contributed by atoms with van der Waals surface area (Å²) >= 11 is 0. The smallest absolute Gasteiger partial charge is 0.131 e. The molecule has 2 nitrogen and oxygen atoms in total. The molecule has 1 saturated carbocycles. The molecule has 0 aromatic heterocycles. The first-order valence-corrected chi connectivity index (χ1v) is 4.91. The number of hydrogen-bond acceptors (Lipinski definition) is 2. The number of aromatic hydroxyl groups is 1. The molecule has 1 aromatic rings. The Morgan fingerprint density at radius 3 is 2.79 bits per heavy atom. The highest BCUT2D eigenvalue weighted by Gasteiger charge is 2.25. The molecule has 1 atom stereocenters. The van der Waals surface area contributed by atoms with Gasteiger partial charge in [0.25, 0.3) is 0 Å². The predicted molar refractivity (Wildman–Crippen MR) is 52.3 cm³/mol. The van der Waals surface area contributed by atoms with Crippen molar-refractivity contribution in [2.75, 3.05) is 0 Å². The van der Waals surface area contributed by atoms with Crippen molar-refractivity contribution in [1.29, 1.82) is 0 Å². The van der Waals surface area contributed by atoms with Gasteiger partial charge in [-0.15, -0.1) is 0 Å². The van der Waals surface area contributed by atoms with Crippen LogP contribution in [-0.2, 0) is 0 Å². The van der Waals surface area contributed by atoms with Gasteiger partial charge in [-0.05, 0) is 18.4 Å². The van der Waals surface area contributed by atoms with Gasteiger partial charge in [-0.1, -0.05) is 18.9 Å². The average Bonchev–Trinajstić information content (AvgIpc) is 2.87. The van der Waals surface area contributed by atoms with Crippen molar-refractivity contribution in [3.05, 3.63) is 29.6 Å². The lowest BCUT2D eigenvalue weighted by atomic mass is 10.0. The van der Waals surface area contributed by atoms with Crippen LogP contribution in [0, 0.1) is 11.7 Å². The Bertz CT molecular complexity index is 336. The molecular formula is C11H14FNO. The summed E-state index contributed by atoms with van der Waals surface area (Å²) in [6, 6.07) is 3.92. The van der Waals surface area contributed by atoms with E-state index in [2.05, 4.69) is 0 Å². The van der Waals surface area contributed by atoms with Crippen LogP contribution >= 0.6 is 0 Å². The van der Waals surface area contributed by atoms with Gasteiger partial charge in [0.1, 0.15) is 11.6 Å². The van der Waals surface area contributed by atoms with Gasteiger partial charge in [-0.25, -0.2) is 4.39 Å². The first-order chi connectivity index (χ1) is 6.66. The SMILES string of the molecule is N[C@@H](CC1CC1)c1ccc(O)cc1F. The monoisotopic (exact) mass is 195 g/mol. The van der Waals surface area contributed by atoms with Gasteiger partial charge >= 0.3 is 0 Å². The fraction of sp³-hybridized carbons (Fsp3) is 0.455. The fourth-order valence-electron chi connectivity index (χ4n) is 1.66. The van der Waals surface area contributed by atoms with E-state index >= 15 is 0 Å². The zero-order valence-electron chi connectivity index (χ0n) is 7.91. The summed E-state index contributed by atoms with van der Waals surface area (Å²) in [6.07, 6.45) is 3.28. The van der Waals surface area contributed by atoms with Gasteiger partial charge in [0.05, 0.1) is 0 Å². The lowest BCUT2D eigenvalue weighted by molar-refractivity contribution is 0.464. The Kier molecular flexibility index (Phi) is 2.42. The van der Waals surface area contributed by atoms with E-state index in [1.165, 1.54) is 18.9 Å². The van der Waals surface area contributed by atoms with Crippen molar-refractivity contribution in [3.63, 3.8) is 0 Å². The molecule has 3 N–H and O–H groups in total. The van der Waals surface area contributed by atoms with Crippen LogP contribution in [0.1, 0.15) is 30.9 Å². The minimum Gasteiger partial charge on any atom is -0.508 e. The first kappa shape index (κ1) is 9.46. The summed E-state index contributed by atoms with van der Waals surface area (Å²) in [5.41, 5.74) is 6.37. The minimum absolute atomic E-state index is 0.0510. The van der Waals surface area contributed by atoms with E-state index in [1.807, 2.05) is 0 Å². The molecule has 1 fully saturated rings. The number of hydrogen-bond donors (Lipinski definition) is 2. The number of rotatable bonds is 3. The summed E-state index contributed by atoms with van der Waals surface area (Å²) in [4.78, 5) is 0. The molecule has 1 aliphatic carbocycles. The summed E-state index contributed by atoms with van der Waals surface area (Å²) in [5.74, 6) is 0.223. The van der Waals surface area contributed by atoms with Crippen LogP contribution in [0.2, 0.25) is 0 Å². The fourth-order valence-corrected chi connectivity index (χ4v) is 1.66. The normalized spacial score (nSPS) is 18.1. The van der Waals surface area contributed by atoms with Crippen molar-refractivity contribution in [2.24, 2.45) is 11.7 Å². The van der Waals surface area contributed by atoms with Gasteiger partial charge in [0.15, 0.2) is 0 Å². The lowest BCUT2D eigenvalue weighted by Crippen LogP contribution is -2.12. The topological polar surface area (TPSA) is 46.2 Å². The molecule has 2 rings (SSSR count). The van der Waals surface area contributed by atoms with Crippen LogP contribution in [0.4, 0.5) is 4.39 Å². The molecule has 0 radical (unpaired) electrons. The van der Waals surface area contributed by atoms with E-state index in [1.54, 1.807) is 6.07 Å². The molecule has 0 heterocycles. The third-order valence-electron chi connectivity index (χ3n) is 2.67. The van der Waals surface area contributed by atoms with E-state index in [0.29, 0.717) is 11.5 Å². The van der Waals surface area contributed by atoms with Crippen molar-refractivity contribution in [2.45, 2.75) is 25.3 Å². The maximum Gasteiger partial charge on any atom is 0.131 e. The van der Waals surface area contributed by atoms with Crippen LogP contribution in [-0.4, -0.2) is 5.11 Å². The summed E-state index contributed by atoms with van der Waals surface area (Å²) in [5, 5.41) is 9.03. The third kappa shape index (κ3) is 2.04. The molecule has 0 unspecified atom stereocenters. The molecule has 0 spiro atoms. The Morgan fingerprint density at radius 2 is 2.21 bits per heavy atom. The molecule has 76 valence electrons. The summed E-state index contributed by atoms with van der Waals surface area (Å²) in [7, 11) is 0. The van der Waals surface area contributed by atoms with Crippen LogP contribution in [0.25, 0.3) is 0 Å². The van der Waals surface area contributed by atoms with Crippen molar-refractivity contribution < 1.29 is 9.50 Å². The maximum absolute atomic E-state index is 13.3. The maximum atomic E-state index is 13.3. The summed E-state index contributed by atoms with van der Waals surface area (Å²) in [6.45, 7) is 0. The molecule has 1 aromatic carbocycles. The molecule has 0 saturated heterocycles. The first-order valence-electron chi connectivity index (χ1n) is 4.91. The van der Waals surface area contributed by atoms with Crippen molar-refractivity contribution in [1.82, 2.24) is 0 Å². The number of phenolic OH excluding ortho intramolecular Hbond substituents is 1. The van der Waals surface area contributed by atoms with Gasteiger partial charge in [-0.2, -0.15) is 0 Å². The van der Waals surface area contributed by atoms with Crippen molar-refractivity contribution >= 4 is 0 Å². The highest BCUT2D eigenvalue weighted by Crippen LogP contribution is 2.37. The number of phenols is 1. The minimum atomic E-state index is -0.404. The number of benzene rings is 1. The largest absolute Gasteiger partial charge is 0.508 e. The standard InChI is InChI=1S/C11H14FNO/c12-10-6-8(14)3-4-9(10)11(13)5-7-1-2-7/h3-4,6-7,11,14H,1-2,5,13H2/t11-/m0/s1. The Labute approximate surface area is 82.5 Å². The zero-order valence-corrected chi connectivity index (χ0v) is 7.91. The number of nitrogens with two attached hydrogens (primary N) is 1. The predicted octanol–water partition coefficient (Wildman–Crippen LogP) is 2.33. The lowest BCUT2D eigenvalue weighted by Gasteiger charge is -2.12. The van der Waals surface area contributed by atoms with Gasteiger partial charge in [0, 0.05) is 17.7 Å². The summed E-state index contributed by atoms with van der Waals surface area (Å²) < 4.78 is 13.3. The Morgan fingerprint density at radius 1 is 1.50 bits per heavy atom. The Balaban J connectivity index is 2.13. The van der Waals surface area contributed by atoms with E-state index < -0.39 is 5.82 Å². The highest BCUT2D eigenvalue weighted by atomic mass is 19.1. The molecule has 0 bridgehead atoms. The molecule has 1 aliphatic rings.